The number of halogens is 3. The molecule has 2 amide bonds. The number of unbranched alkanes of at least 4 members (excludes halogenated alkanes) is 2. The summed E-state index contributed by atoms with van der Waals surface area (Å²) in [6, 6.07) is 13.5. The number of carbonyl (C=O) groups is 2. The van der Waals surface area contributed by atoms with Gasteiger partial charge in [0.2, 0.25) is 5.91 Å². The summed E-state index contributed by atoms with van der Waals surface area (Å²) in [6.45, 7) is 3.85. The first-order valence-electron chi connectivity index (χ1n) is 15.9. The average molecular weight is 875 g/mol. The maximum absolute atomic E-state index is 13.7. The molecule has 0 saturated carbocycles. The summed E-state index contributed by atoms with van der Waals surface area (Å²) in [4.78, 5) is 32.6. The van der Waals surface area contributed by atoms with Crippen LogP contribution in [0.1, 0.15) is 54.9 Å². The first-order valence-corrected chi connectivity index (χ1v) is 19.1. The number of hydrogen-bond acceptors (Lipinski definition) is 8. The zero-order chi connectivity index (χ0) is 34.7. The second-order valence-corrected chi connectivity index (χ2v) is 15.7. The van der Waals surface area contributed by atoms with E-state index in [0.717, 1.165) is 64.6 Å². The van der Waals surface area contributed by atoms with Gasteiger partial charge < -0.3 is 30.1 Å². The van der Waals surface area contributed by atoms with Gasteiger partial charge in [-0.2, -0.15) is 0 Å². The Hall–Kier alpha value is -3.23. The molecule has 0 spiro atoms. The fraction of sp³-hybridized carbons (Fsp3) is 0.306. The number of carbonyl (C=O) groups excluding carboxylic acids is 2. The molecule has 4 aromatic rings. The van der Waals surface area contributed by atoms with Crippen molar-refractivity contribution < 1.29 is 24.2 Å². The quantitative estimate of drug-likeness (QED) is 0.0965. The van der Waals surface area contributed by atoms with Crippen molar-refractivity contribution in [1.82, 2.24) is 10.3 Å². The van der Waals surface area contributed by atoms with Gasteiger partial charge in [-0.1, -0.05) is 15.9 Å². The molecule has 3 heterocycles. The Morgan fingerprint density at radius 2 is 1.92 bits per heavy atom. The Bertz CT molecular complexity index is 1900. The van der Waals surface area contributed by atoms with Crippen LogP contribution in [0.4, 0.5) is 10.8 Å². The predicted molar refractivity (Wildman–Crippen MR) is 205 cm³/mol. The van der Waals surface area contributed by atoms with E-state index in [4.69, 9.17) is 9.47 Å². The molecule has 0 bridgehead atoms. The molecule has 1 aromatic heterocycles. The number of hydrogen-bond donors (Lipinski definition) is 3. The highest BCUT2D eigenvalue weighted by Crippen LogP contribution is 2.42. The fourth-order valence-corrected chi connectivity index (χ4v) is 8.48. The normalized spacial score (nSPS) is 17.6. The molecule has 3 N–H and O–H groups in total. The number of amides is 2. The number of aromatic hydroxyl groups is 1. The Morgan fingerprint density at radius 1 is 1.12 bits per heavy atom. The smallest absolute Gasteiger partial charge is 0.258 e. The number of fused-ring (bicyclic) bond motifs is 2. The molecule has 3 aromatic carbocycles. The van der Waals surface area contributed by atoms with E-state index in [1.165, 1.54) is 11.3 Å². The zero-order valence-electron chi connectivity index (χ0n) is 26.9. The van der Waals surface area contributed by atoms with Gasteiger partial charge in [0, 0.05) is 52.2 Å². The summed E-state index contributed by atoms with van der Waals surface area (Å²) in [7, 11) is 1.64. The molecule has 256 valence electrons. The Balaban J connectivity index is 1.08. The van der Waals surface area contributed by atoms with Crippen molar-refractivity contribution in [1.29, 1.82) is 0 Å². The van der Waals surface area contributed by atoms with Crippen LogP contribution in [0.3, 0.4) is 0 Å². The van der Waals surface area contributed by atoms with E-state index in [-0.39, 0.29) is 24.0 Å². The molecule has 49 heavy (non-hydrogen) atoms. The van der Waals surface area contributed by atoms with Crippen molar-refractivity contribution in [3.05, 3.63) is 89.7 Å². The number of rotatable bonds is 12. The first kappa shape index (κ1) is 35.6. The van der Waals surface area contributed by atoms with E-state index in [0.29, 0.717) is 44.3 Å². The standard InChI is InChI=1S/C36H35Br3N4O5S/c1-36(20-32(44)42-35-40-10-13-49-35)26-19-31(30(47-2)17-22(26)8-9-41-36)48-12-5-3-4-11-43-29-7-6-23(37)18-24(29)25(34(43)46)14-21-15-27(38)33(45)28(39)16-21/h6-7,10,13-19,41,45H,3-5,8-9,11-12,20H2,1-2H3,(H,40,42,44)/b25-14-. The third kappa shape index (κ3) is 7.91. The maximum Gasteiger partial charge on any atom is 0.258 e. The number of nitrogens with one attached hydrogen (secondary N) is 2. The second-order valence-electron chi connectivity index (χ2n) is 12.1. The van der Waals surface area contributed by atoms with Crippen molar-refractivity contribution >= 4 is 93.4 Å². The van der Waals surface area contributed by atoms with Gasteiger partial charge in [-0.05, 0) is 130 Å². The number of phenolic OH excluding ortho intramolecular Hbond substituents is 1. The van der Waals surface area contributed by atoms with Gasteiger partial charge in [0.15, 0.2) is 16.6 Å². The summed E-state index contributed by atoms with van der Waals surface area (Å²) in [5.41, 5.74) is 4.72. The minimum Gasteiger partial charge on any atom is -0.506 e. The molecule has 2 aliphatic heterocycles. The monoisotopic (exact) mass is 872 g/mol. The minimum absolute atomic E-state index is 0.0551. The highest BCUT2D eigenvalue weighted by atomic mass is 79.9. The Labute approximate surface area is 314 Å². The van der Waals surface area contributed by atoms with Gasteiger partial charge in [0.05, 0.1) is 28.3 Å². The fourth-order valence-electron chi connectivity index (χ4n) is 6.35. The van der Waals surface area contributed by atoms with E-state index >= 15 is 0 Å². The third-order valence-electron chi connectivity index (χ3n) is 8.74. The molecule has 0 fully saturated rings. The number of thiazole rings is 1. The summed E-state index contributed by atoms with van der Waals surface area (Å²) >= 11 is 11.7. The lowest BCUT2D eigenvalue weighted by atomic mass is 9.81. The van der Waals surface area contributed by atoms with E-state index < -0.39 is 5.54 Å². The van der Waals surface area contributed by atoms with Crippen LogP contribution in [0.25, 0.3) is 11.6 Å². The number of phenols is 1. The molecular weight excluding hydrogens is 840 g/mol. The molecule has 2 aliphatic rings. The van der Waals surface area contributed by atoms with E-state index in [1.54, 1.807) is 25.4 Å². The number of ether oxygens (including phenoxy) is 2. The van der Waals surface area contributed by atoms with Crippen LogP contribution >= 0.6 is 59.1 Å². The molecule has 0 radical (unpaired) electrons. The molecule has 0 aliphatic carbocycles. The number of methoxy groups -OCH3 is 1. The SMILES string of the molecule is COc1cc2c(cc1OCCCCCN1C(=O)/C(=C\c3cc(Br)c(O)c(Br)c3)c3cc(Br)ccc31)C(C)(CC(=O)Nc1nccs1)NCC2. The highest BCUT2D eigenvalue weighted by molar-refractivity contribution is 9.11. The van der Waals surface area contributed by atoms with Crippen molar-refractivity contribution in [2.45, 2.75) is 44.6 Å². The van der Waals surface area contributed by atoms with Crippen LogP contribution in [0.15, 0.2) is 67.5 Å². The summed E-state index contributed by atoms with van der Waals surface area (Å²) in [5, 5.41) is 19.0. The van der Waals surface area contributed by atoms with Gasteiger partial charge >= 0.3 is 0 Å². The van der Waals surface area contributed by atoms with Crippen LogP contribution in [-0.2, 0) is 21.5 Å². The lowest BCUT2D eigenvalue weighted by Crippen LogP contribution is -2.47. The number of aromatic nitrogens is 1. The number of benzene rings is 3. The van der Waals surface area contributed by atoms with Gasteiger partial charge in [0.25, 0.3) is 5.91 Å². The van der Waals surface area contributed by atoms with Crippen LogP contribution in [0.5, 0.6) is 17.2 Å². The molecule has 6 rings (SSSR count). The topological polar surface area (TPSA) is 113 Å². The van der Waals surface area contributed by atoms with Gasteiger partial charge in [-0.3, -0.25) is 9.59 Å². The molecule has 1 unspecified atom stereocenters. The predicted octanol–water partition coefficient (Wildman–Crippen LogP) is 8.67. The average Bonchev–Trinajstić information content (AvgIpc) is 3.66. The van der Waals surface area contributed by atoms with Crippen molar-refractivity contribution in [3.63, 3.8) is 0 Å². The van der Waals surface area contributed by atoms with Crippen LogP contribution in [0.2, 0.25) is 0 Å². The molecule has 0 saturated heterocycles. The minimum atomic E-state index is -0.573. The number of anilines is 2. The third-order valence-corrected chi connectivity index (χ3v) is 11.1. The molecule has 13 heteroatoms. The lowest BCUT2D eigenvalue weighted by molar-refractivity contribution is -0.117. The lowest BCUT2D eigenvalue weighted by Gasteiger charge is -2.37. The van der Waals surface area contributed by atoms with Crippen molar-refractivity contribution in [2.75, 3.05) is 37.0 Å². The summed E-state index contributed by atoms with van der Waals surface area (Å²) in [6.07, 6.45) is 7.05. The van der Waals surface area contributed by atoms with Crippen LogP contribution in [0, 0.1) is 0 Å². The maximum atomic E-state index is 13.7. The van der Waals surface area contributed by atoms with Crippen molar-refractivity contribution in [3.8, 4) is 17.2 Å². The van der Waals surface area contributed by atoms with E-state index in [1.807, 2.05) is 53.6 Å². The van der Waals surface area contributed by atoms with Gasteiger partial charge in [-0.15, -0.1) is 11.3 Å². The van der Waals surface area contributed by atoms with Crippen molar-refractivity contribution in [2.24, 2.45) is 0 Å². The second kappa shape index (κ2) is 15.3. The molecule has 1 atom stereocenters. The van der Waals surface area contributed by atoms with Crippen LogP contribution < -0.4 is 25.0 Å². The molecular formula is C36H35Br3N4O5S. The van der Waals surface area contributed by atoms with E-state index in [9.17, 15) is 14.7 Å². The zero-order valence-corrected chi connectivity index (χ0v) is 32.5. The van der Waals surface area contributed by atoms with Crippen LogP contribution in [-0.4, -0.2) is 48.7 Å². The Morgan fingerprint density at radius 3 is 2.65 bits per heavy atom. The Kier molecular flexibility index (Phi) is 11.1. The van der Waals surface area contributed by atoms with Gasteiger partial charge in [0.1, 0.15) is 5.75 Å². The van der Waals surface area contributed by atoms with E-state index in [2.05, 4.69) is 63.4 Å². The largest absolute Gasteiger partial charge is 0.506 e. The first-order chi connectivity index (χ1) is 23.6. The van der Waals surface area contributed by atoms with Gasteiger partial charge in [-0.25, -0.2) is 4.98 Å². The highest BCUT2D eigenvalue weighted by Gasteiger charge is 2.36. The summed E-state index contributed by atoms with van der Waals surface area (Å²) in [5.74, 6) is 1.27. The molecule has 9 nitrogen and oxygen atoms in total. The number of nitrogens with zero attached hydrogens (tertiary/aromatic N) is 2. The summed E-state index contributed by atoms with van der Waals surface area (Å²) < 4.78 is 13.9.